The molecular weight excluding hydrogens is 270 g/mol. The fourth-order valence-electron chi connectivity index (χ4n) is 2.57. The number of hydrogen-bond acceptors (Lipinski definition) is 5. The van der Waals surface area contributed by atoms with Gasteiger partial charge < -0.3 is 19.9 Å². The van der Waals surface area contributed by atoms with Crippen molar-refractivity contribution in [3.05, 3.63) is 18.0 Å². The van der Waals surface area contributed by atoms with Crippen molar-refractivity contribution in [3.8, 4) is 0 Å². The Morgan fingerprint density at radius 1 is 1.38 bits per heavy atom. The van der Waals surface area contributed by atoms with E-state index in [1.807, 2.05) is 26.8 Å². The molecule has 6 heteroatoms. The predicted octanol–water partition coefficient (Wildman–Crippen LogP) is 2.60. The van der Waals surface area contributed by atoms with Crippen LogP contribution in [0.1, 0.15) is 52.1 Å². The van der Waals surface area contributed by atoms with Gasteiger partial charge in [-0.3, -0.25) is 0 Å². The van der Waals surface area contributed by atoms with E-state index in [1.165, 1.54) is 6.42 Å². The Kier molecular flexibility index (Phi) is 5.22. The molecule has 21 heavy (non-hydrogen) atoms. The van der Waals surface area contributed by atoms with Gasteiger partial charge in [-0.25, -0.2) is 4.79 Å². The number of amides is 1. The number of alkyl carbamates (subject to hydrolysis) is 1. The van der Waals surface area contributed by atoms with E-state index in [0.29, 0.717) is 6.54 Å². The van der Waals surface area contributed by atoms with E-state index in [0.717, 1.165) is 25.0 Å². The van der Waals surface area contributed by atoms with Crippen molar-refractivity contribution in [2.75, 3.05) is 0 Å². The van der Waals surface area contributed by atoms with Crippen molar-refractivity contribution >= 4 is 6.09 Å². The quantitative estimate of drug-likeness (QED) is 0.893. The molecule has 0 aromatic carbocycles. The van der Waals surface area contributed by atoms with Crippen LogP contribution in [0.5, 0.6) is 0 Å². The van der Waals surface area contributed by atoms with E-state index >= 15 is 0 Å². The lowest BCUT2D eigenvalue weighted by Crippen LogP contribution is -2.52. The van der Waals surface area contributed by atoms with E-state index in [1.54, 1.807) is 6.26 Å². The first-order chi connectivity index (χ1) is 9.94. The van der Waals surface area contributed by atoms with Crippen LogP contribution in [0.3, 0.4) is 0 Å². The van der Waals surface area contributed by atoms with E-state index in [2.05, 4.69) is 15.8 Å². The topological polar surface area (TPSA) is 76.4 Å². The number of carbonyl (C=O) groups excluding carboxylic acids is 1. The van der Waals surface area contributed by atoms with Crippen LogP contribution < -0.4 is 10.6 Å². The molecule has 0 unspecified atom stereocenters. The molecule has 1 saturated carbocycles. The molecule has 0 radical (unpaired) electrons. The molecule has 0 aliphatic heterocycles. The molecule has 118 valence electrons. The number of hydrogen-bond donors (Lipinski definition) is 2. The molecule has 2 rings (SSSR count). The van der Waals surface area contributed by atoms with Crippen molar-refractivity contribution < 1.29 is 14.1 Å². The molecule has 2 atom stereocenters. The van der Waals surface area contributed by atoms with Gasteiger partial charge in [0.25, 0.3) is 0 Å². The highest BCUT2D eigenvalue weighted by Crippen LogP contribution is 2.19. The minimum absolute atomic E-state index is 0.0977. The largest absolute Gasteiger partial charge is 0.444 e. The smallest absolute Gasteiger partial charge is 0.407 e. The van der Waals surface area contributed by atoms with E-state index < -0.39 is 5.60 Å². The predicted molar refractivity (Wildman–Crippen MR) is 78.8 cm³/mol. The summed E-state index contributed by atoms with van der Waals surface area (Å²) in [6, 6.07) is 2.18. The molecule has 1 heterocycles. The van der Waals surface area contributed by atoms with E-state index in [-0.39, 0.29) is 18.2 Å². The van der Waals surface area contributed by atoms with Gasteiger partial charge in [-0.05, 0) is 33.6 Å². The number of rotatable bonds is 4. The van der Waals surface area contributed by atoms with Gasteiger partial charge in [-0.1, -0.05) is 18.0 Å². The highest BCUT2D eigenvalue weighted by molar-refractivity contribution is 5.68. The molecular formula is C15H25N3O3. The lowest BCUT2D eigenvalue weighted by Gasteiger charge is -2.33. The number of nitrogens with zero attached hydrogens (tertiary/aromatic N) is 1. The number of nitrogens with one attached hydrogen (secondary N) is 2. The Hall–Kier alpha value is -1.56. The highest BCUT2D eigenvalue weighted by atomic mass is 16.6. The molecule has 1 fully saturated rings. The molecule has 1 aliphatic carbocycles. The summed E-state index contributed by atoms with van der Waals surface area (Å²) < 4.78 is 10.2. The molecule has 0 bridgehead atoms. The number of ether oxygens (including phenoxy) is 1. The van der Waals surface area contributed by atoms with Crippen LogP contribution >= 0.6 is 0 Å². The number of carbonyl (C=O) groups is 1. The van der Waals surface area contributed by atoms with Crippen molar-refractivity contribution in [1.82, 2.24) is 15.8 Å². The van der Waals surface area contributed by atoms with Crippen LogP contribution in [0.15, 0.2) is 16.9 Å². The summed E-state index contributed by atoms with van der Waals surface area (Å²) in [5.41, 5.74) is 0.402. The van der Waals surface area contributed by atoms with Gasteiger partial charge in [0.05, 0.1) is 5.69 Å². The van der Waals surface area contributed by atoms with Crippen LogP contribution in [0, 0.1) is 0 Å². The lowest BCUT2D eigenvalue weighted by molar-refractivity contribution is 0.0479. The maximum atomic E-state index is 11.9. The Morgan fingerprint density at radius 2 is 2.10 bits per heavy atom. The molecule has 2 N–H and O–H groups in total. The summed E-state index contributed by atoms with van der Waals surface area (Å²) in [5, 5.41) is 10.3. The lowest BCUT2D eigenvalue weighted by atomic mass is 9.90. The first-order valence-corrected chi connectivity index (χ1v) is 7.56. The van der Waals surface area contributed by atoms with Crippen LogP contribution in [0.2, 0.25) is 0 Å². The number of aromatic nitrogens is 1. The first-order valence-electron chi connectivity index (χ1n) is 7.56. The van der Waals surface area contributed by atoms with E-state index in [9.17, 15) is 4.79 Å². The molecule has 0 spiro atoms. The molecule has 6 nitrogen and oxygen atoms in total. The summed E-state index contributed by atoms with van der Waals surface area (Å²) in [6.07, 6.45) is 5.52. The normalized spacial score (nSPS) is 22.8. The molecule has 1 amide bonds. The Bertz CT molecular complexity index is 440. The Balaban J connectivity index is 1.84. The van der Waals surface area contributed by atoms with Gasteiger partial charge >= 0.3 is 6.09 Å². The summed E-state index contributed by atoms with van der Waals surface area (Å²) in [7, 11) is 0. The van der Waals surface area contributed by atoms with Crippen molar-refractivity contribution in [1.29, 1.82) is 0 Å². The minimum Gasteiger partial charge on any atom is -0.444 e. The van der Waals surface area contributed by atoms with Crippen LogP contribution in [0.4, 0.5) is 4.79 Å². The zero-order valence-corrected chi connectivity index (χ0v) is 13.0. The molecule has 1 aromatic heterocycles. The SMILES string of the molecule is CC(C)(C)OC(=O)N[C@@H]1CCCC[C@H]1NCc1ccon1. The third kappa shape index (κ3) is 5.38. The van der Waals surface area contributed by atoms with Gasteiger partial charge in [0, 0.05) is 24.7 Å². The molecule has 0 saturated heterocycles. The second-order valence-electron chi connectivity index (χ2n) is 6.52. The van der Waals surface area contributed by atoms with E-state index in [4.69, 9.17) is 9.26 Å². The summed E-state index contributed by atoms with van der Waals surface area (Å²) in [6.45, 7) is 6.25. The first kappa shape index (κ1) is 15.8. The maximum Gasteiger partial charge on any atom is 0.407 e. The van der Waals surface area contributed by atoms with Crippen molar-refractivity contribution in [3.63, 3.8) is 0 Å². The summed E-state index contributed by atoms with van der Waals surface area (Å²) in [4.78, 5) is 11.9. The standard InChI is InChI=1S/C15H25N3O3/c1-15(2,3)21-14(19)17-13-7-5-4-6-12(13)16-10-11-8-9-20-18-11/h8-9,12-13,16H,4-7,10H2,1-3H3,(H,17,19)/t12-,13-/m1/s1. The average Bonchev–Trinajstić information content (AvgIpc) is 2.88. The average molecular weight is 295 g/mol. The maximum absolute atomic E-state index is 11.9. The van der Waals surface area contributed by atoms with Crippen molar-refractivity contribution in [2.45, 2.75) is 70.7 Å². The van der Waals surface area contributed by atoms with Gasteiger partial charge in [0.2, 0.25) is 0 Å². The zero-order chi connectivity index (χ0) is 15.3. The second kappa shape index (κ2) is 6.93. The summed E-state index contributed by atoms with van der Waals surface area (Å²) in [5.74, 6) is 0. The Labute approximate surface area is 125 Å². The molecule has 1 aromatic rings. The van der Waals surface area contributed by atoms with Crippen LogP contribution in [0.25, 0.3) is 0 Å². The van der Waals surface area contributed by atoms with Gasteiger partial charge in [-0.15, -0.1) is 0 Å². The highest BCUT2D eigenvalue weighted by Gasteiger charge is 2.28. The Morgan fingerprint density at radius 3 is 2.71 bits per heavy atom. The fraction of sp³-hybridized carbons (Fsp3) is 0.733. The van der Waals surface area contributed by atoms with Crippen molar-refractivity contribution in [2.24, 2.45) is 0 Å². The summed E-state index contributed by atoms with van der Waals surface area (Å²) >= 11 is 0. The van der Waals surface area contributed by atoms with Crippen LogP contribution in [-0.2, 0) is 11.3 Å². The molecule has 1 aliphatic rings. The third-order valence-corrected chi connectivity index (χ3v) is 3.50. The zero-order valence-electron chi connectivity index (χ0n) is 13.0. The van der Waals surface area contributed by atoms with Gasteiger partial charge in [0.15, 0.2) is 0 Å². The fourth-order valence-corrected chi connectivity index (χ4v) is 2.57. The van der Waals surface area contributed by atoms with Gasteiger partial charge in [0.1, 0.15) is 11.9 Å². The van der Waals surface area contributed by atoms with Gasteiger partial charge in [-0.2, -0.15) is 0 Å². The monoisotopic (exact) mass is 295 g/mol. The third-order valence-electron chi connectivity index (χ3n) is 3.50. The van der Waals surface area contributed by atoms with Crippen LogP contribution in [-0.4, -0.2) is 28.9 Å². The second-order valence-corrected chi connectivity index (χ2v) is 6.52. The minimum atomic E-state index is -0.470.